The van der Waals surface area contributed by atoms with E-state index in [4.69, 9.17) is 21.5 Å². The molecule has 172 valence electrons. The Balaban J connectivity index is 1.74. The molecule has 9 heteroatoms. The van der Waals surface area contributed by atoms with Gasteiger partial charge in [-0.25, -0.2) is 8.78 Å². The summed E-state index contributed by atoms with van der Waals surface area (Å²) in [6.45, 7) is 5.80. The monoisotopic (exact) mass is 470 g/mol. The molecule has 1 aliphatic heterocycles. The standard InChI is InChI=1S/C24H24F2N4O2S/c1-3-31-13-5-12-30-15(2)20(21(27-24(30)33)16-8-10-18(25)11-9-16)23-28-22(29-32-23)17-6-4-7-19(26)14-17/h4,6-11,14,21H,3,5,12-13H2,1-2H3,(H,27,33). The average Bonchev–Trinajstić information content (AvgIpc) is 3.28. The predicted octanol–water partition coefficient (Wildman–Crippen LogP) is 5.10. The van der Waals surface area contributed by atoms with Gasteiger partial charge in [0, 0.05) is 31.0 Å². The summed E-state index contributed by atoms with van der Waals surface area (Å²) in [6, 6.07) is 11.8. The van der Waals surface area contributed by atoms with Gasteiger partial charge in [-0.15, -0.1) is 0 Å². The number of thiocarbonyl (C=S) groups is 1. The number of rotatable bonds is 8. The molecule has 1 atom stereocenters. The van der Waals surface area contributed by atoms with E-state index in [1.54, 1.807) is 24.3 Å². The Hall–Kier alpha value is -3.17. The van der Waals surface area contributed by atoms with E-state index in [0.29, 0.717) is 30.4 Å². The number of hydrogen-bond donors (Lipinski definition) is 1. The van der Waals surface area contributed by atoms with Gasteiger partial charge in [0.2, 0.25) is 5.82 Å². The van der Waals surface area contributed by atoms with Gasteiger partial charge in [-0.05, 0) is 62.3 Å². The van der Waals surface area contributed by atoms with Crippen LogP contribution in [0.15, 0.2) is 58.8 Å². The first-order valence-electron chi connectivity index (χ1n) is 10.7. The van der Waals surface area contributed by atoms with Crippen molar-refractivity contribution in [3.8, 4) is 11.4 Å². The van der Waals surface area contributed by atoms with Gasteiger partial charge in [0.05, 0.1) is 11.6 Å². The molecule has 2 heterocycles. The highest BCUT2D eigenvalue weighted by Crippen LogP contribution is 2.37. The van der Waals surface area contributed by atoms with E-state index in [2.05, 4.69) is 15.5 Å². The first-order chi connectivity index (χ1) is 16.0. The Morgan fingerprint density at radius 3 is 2.67 bits per heavy atom. The van der Waals surface area contributed by atoms with E-state index < -0.39 is 6.04 Å². The topological polar surface area (TPSA) is 63.4 Å². The number of halogens is 2. The van der Waals surface area contributed by atoms with Crippen LogP contribution in [0.4, 0.5) is 8.78 Å². The van der Waals surface area contributed by atoms with E-state index in [-0.39, 0.29) is 23.3 Å². The van der Waals surface area contributed by atoms with Crippen molar-refractivity contribution in [3.05, 3.63) is 77.3 Å². The summed E-state index contributed by atoms with van der Waals surface area (Å²) in [5, 5.41) is 7.94. The van der Waals surface area contributed by atoms with Gasteiger partial charge in [0.15, 0.2) is 5.11 Å². The molecule has 0 saturated carbocycles. The molecule has 0 aliphatic carbocycles. The van der Waals surface area contributed by atoms with Gasteiger partial charge in [0.25, 0.3) is 5.89 Å². The number of benzene rings is 2. The molecule has 1 unspecified atom stereocenters. The fourth-order valence-corrected chi connectivity index (χ4v) is 4.13. The molecular formula is C24H24F2N4O2S. The Kier molecular flexibility index (Phi) is 7.10. The molecule has 0 amide bonds. The van der Waals surface area contributed by atoms with Crippen molar-refractivity contribution >= 4 is 22.9 Å². The molecule has 1 aromatic heterocycles. The van der Waals surface area contributed by atoms with Crippen molar-refractivity contribution in [1.29, 1.82) is 0 Å². The zero-order valence-electron chi connectivity index (χ0n) is 18.3. The number of ether oxygens (including phenoxy) is 1. The molecule has 0 radical (unpaired) electrons. The number of aromatic nitrogens is 2. The largest absolute Gasteiger partial charge is 0.382 e. The van der Waals surface area contributed by atoms with Gasteiger partial charge in [0.1, 0.15) is 11.6 Å². The third-order valence-electron chi connectivity index (χ3n) is 5.41. The quantitative estimate of drug-likeness (QED) is 0.363. The number of nitrogens with zero attached hydrogens (tertiary/aromatic N) is 3. The zero-order chi connectivity index (χ0) is 23.4. The van der Waals surface area contributed by atoms with E-state index in [1.807, 2.05) is 18.7 Å². The fraction of sp³-hybridized carbons (Fsp3) is 0.292. The van der Waals surface area contributed by atoms with Crippen LogP contribution in [0.1, 0.15) is 37.8 Å². The highest BCUT2D eigenvalue weighted by atomic mass is 32.1. The SMILES string of the molecule is CCOCCCN1C(=S)NC(c2ccc(F)cc2)C(c2nc(-c3cccc(F)c3)no2)=C1C. The molecule has 0 fully saturated rings. The van der Waals surface area contributed by atoms with Gasteiger partial charge in [-0.1, -0.05) is 29.4 Å². The number of allylic oxidation sites excluding steroid dienone is 1. The lowest BCUT2D eigenvalue weighted by atomic mass is 9.94. The van der Waals surface area contributed by atoms with Crippen molar-refractivity contribution in [1.82, 2.24) is 20.4 Å². The van der Waals surface area contributed by atoms with Crippen LogP contribution in [0.5, 0.6) is 0 Å². The molecule has 1 N–H and O–H groups in total. The highest BCUT2D eigenvalue weighted by Gasteiger charge is 2.34. The lowest BCUT2D eigenvalue weighted by Gasteiger charge is -2.37. The van der Waals surface area contributed by atoms with Crippen LogP contribution in [0.3, 0.4) is 0 Å². The Morgan fingerprint density at radius 1 is 1.15 bits per heavy atom. The van der Waals surface area contributed by atoms with E-state index in [0.717, 1.165) is 23.3 Å². The molecule has 0 saturated heterocycles. The van der Waals surface area contributed by atoms with Gasteiger partial charge in [-0.2, -0.15) is 4.98 Å². The van der Waals surface area contributed by atoms with Crippen LogP contribution in [-0.4, -0.2) is 39.9 Å². The molecule has 1 aliphatic rings. The van der Waals surface area contributed by atoms with E-state index in [9.17, 15) is 8.78 Å². The third kappa shape index (κ3) is 5.09. The normalized spacial score (nSPS) is 16.3. The van der Waals surface area contributed by atoms with Crippen molar-refractivity contribution in [2.24, 2.45) is 0 Å². The fourth-order valence-electron chi connectivity index (χ4n) is 3.78. The first-order valence-corrected chi connectivity index (χ1v) is 11.1. The predicted molar refractivity (Wildman–Crippen MR) is 125 cm³/mol. The Bertz CT molecular complexity index is 1160. The van der Waals surface area contributed by atoms with Crippen LogP contribution in [0, 0.1) is 11.6 Å². The molecule has 33 heavy (non-hydrogen) atoms. The first kappa shape index (κ1) is 23.0. The van der Waals surface area contributed by atoms with Gasteiger partial charge in [-0.3, -0.25) is 0 Å². The van der Waals surface area contributed by atoms with Crippen LogP contribution >= 0.6 is 12.2 Å². The smallest absolute Gasteiger partial charge is 0.258 e. The molecular weight excluding hydrogens is 446 g/mol. The van der Waals surface area contributed by atoms with Crippen LogP contribution in [0.25, 0.3) is 17.0 Å². The summed E-state index contributed by atoms with van der Waals surface area (Å²) >= 11 is 5.64. The molecule has 2 aromatic carbocycles. The summed E-state index contributed by atoms with van der Waals surface area (Å²) < 4.78 is 38.3. The summed E-state index contributed by atoms with van der Waals surface area (Å²) in [6.07, 6.45) is 0.778. The second-order valence-electron chi connectivity index (χ2n) is 7.57. The molecule has 0 spiro atoms. The molecule has 3 aromatic rings. The van der Waals surface area contributed by atoms with Crippen LogP contribution in [-0.2, 0) is 4.74 Å². The van der Waals surface area contributed by atoms with Crippen molar-refractivity contribution in [2.75, 3.05) is 19.8 Å². The number of nitrogens with one attached hydrogen (secondary N) is 1. The van der Waals surface area contributed by atoms with Crippen molar-refractivity contribution in [2.45, 2.75) is 26.3 Å². The minimum atomic E-state index is -0.415. The second kappa shape index (κ2) is 10.2. The molecule has 6 nitrogen and oxygen atoms in total. The highest BCUT2D eigenvalue weighted by molar-refractivity contribution is 7.80. The maximum atomic E-state index is 13.7. The molecule has 0 bridgehead atoms. The summed E-state index contributed by atoms with van der Waals surface area (Å²) in [7, 11) is 0. The summed E-state index contributed by atoms with van der Waals surface area (Å²) in [5.74, 6) is -0.156. The number of hydrogen-bond acceptors (Lipinski definition) is 5. The maximum Gasteiger partial charge on any atom is 0.258 e. The molecule has 4 rings (SSSR count). The lowest BCUT2D eigenvalue weighted by molar-refractivity contribution is 0.141. The van der Waals surface area contributed by atoms with Crippen molar-refractivity contribution in [3.63, 3.8) is 0 Å². The lowest BCUT2D eigenvalue weighted by Crippen LogP contribution is -2.46. The Labute approximate surface area is 196 Å². The summed E-state index contributed by atoms with van der Waals surface area (Å²) in [4.78, 5) is 6.52. The average molecular weight is 471 g/mol. The maximum absolute atomic E-state index is 13.7. The van der Waals surface area contributed by atoms with Crippen molar-refractivity contribution < 1.29 is 18.0 Å². The van der Waals surface area contributed by atoms with Crippen LogP contribution in [0.2, 0.25) is 0 Å². The zero-order valence-corrected chi connectivity index (χ0v) is 19.2. The minimum Gasteiger partial charge on any atom is -0.382 e. The van der Waals surface area contributed by atoms with E-state index >= 15 is 0 Å². The van der Waals surface area contributed by atoms with Gasteiger partial charge < -0.3 is 19.5 Å². The second-order valence-corrected chi connectivity index (χ2v) is 7.96. The van der Waals surface area contributed by atoms with Crippen LogP contribution < -0.4 is 5.32 Å². The van der Waals surface area contributed by atoms with Gasteiger partial charge >= 0.3 is 0 Å². The Morgan fingerprint density at radius 2 is 1.94 bits per heavy atom. The van der Waals surface area contributed by atoms with E-state index in [1.165, 1.54) is 24.3 Å². The minimum absolute atomic E-state index is 0.277. The third-order valence-corrected chi connectivity index (χ3v) is 5.75. The summed E-state index contributed by atoms with van der Waals surface area (Å²) in [5.41, 5.74) is 2.88.